The number of hydrogen-bond donors (Lipinski definition) is 1. The van der Waals surface area contributed by atoms with Crippen molar-refractivity contribution in [1.82, 2.24) is 0 Å². The average molecular weight is 241 g/mol. The molecule has 0 amide bonds. The predicted octanol–water partition coefficient (Wildman–Crippen LogP) is 2.59. The summed E-state index contributed by atoms with van der Waals surface area (Å²) in [5.41, 5.74) is 0. The van der Waals surface area contributed by atoms with E-state index < -0.39 is 14.2 Å². The van der Waals surface area contributed by atoms with Crippen LogP contribution in [0.15, 0.2) is 30.3 Å². The van der Waals surface area contributed by atoms with E-state index in [9.17, 15) is 4.19 Å². The third kappa shape index (κ3) is 2.38. The molecule has 82 valence electrons. The molecule has 0 spiro atoms. The van der Waals surface area contributed by atoms with E-state index in [2.05, 4.69) is 0 Å². The molecule has 14 heavy (non-hydrogen) atoms. The van der Waals surface area contributed by atoms with Gasteiger partial charge < -0.3 is 0 Å². The van der Waals surface area contributed by atoms with Gasteiger partial charge in [-0.2, -0.15) is 0 Å². The van der Waals surface area contributed by atoms with Crippen molar-refractivity contribution >= 4 is 4.46 Å². The minimum absolute atomic E-state index is 0.450. The molecule has 0 heterocycles. The fourth-order valence-corrected chi connectivity index (χ4v) is 3.68. The molecule has 0 bridgehead atoms. The van der Waals surface area contributed by atoms with Crippen LogP contribution in [0.25, 0.3) is 0 Å². The zero-order valence-electron chi connectivity index (χ0n) is 8.25. The van der Waals surface area contributed by atoms with Crippen molar-refractivity contribution in [3.63, 3.8) is 0 Å². The van der Waals surface area contributed by atoms with Crippen LogP contribution in [0.2, 0.25) is 4.82 Å². The molecule has 1 aromatic rings. The van der Waals surface area contributed by atoms with E-state index in [1.54, 1.807) is 0 Å². The normalized spacial score (nSPS) is 19.4. The van der Waals surface area contributed by atoms with Crippen LogP contribution in [0, 0.1) is 0 Å². The van der Waals surface area contributed by atoms with Crippen LogP contribution in [0.3, 0.4) is 0 Å². The van der Waals surface area contributed by atoms with E-state index in [1.807, 2.05) is 30.3 Å². The third-order valence-electron chi connectivity index (χ3n) is 2.61. The summed E-state index contributed by atoms with van der Waals surface area (Å²) < 4.78 is 11.3. The van der Waals surface area contributed by atoms with E-state index in [0.29, 0.717) is 4.82 Å². The summed E-state index contributed by atoms with van der Waals surface area (Å²) in [5, 5.41) is 0. The molecule has 0 saturated heterocycles. The molecule has 2 heteroatoms. The Morgan fingerprint density at radius 1 is 1.00 bits per heavy atom. The maximum absolute atomic E-state index is 10.2. The van der Waals surface area contributed by atoms with Crippen LogP contribution in [0.1, 0.15) is 32.1 Å². The van der Waals surface area contributed by atoms with E-state index >= 15 is 0 Å². The van der Waals surface area contributed by atoms with Gasteiger partial charge in [-0.3, -0.25) is 0 Å². The quantitative estimate of drug-likeness (QED) is 0.788. The van der Waals surface area contributed by atoms with Crippen LogP contribution in [0.5, 0.6) is 0 Å². The van der Waals surface area contributed by atoms with Gasteiger partial charge in [0.05, 0.1) is 0 Å². The molecule has 1 nitrogen and oxygen atoms in total. The van der Waals surface area contributed by atoms with Gasteiger partial charge in [0, 0.05) is 0 Å². The second-order valence-corrected chi connectivity index (χ2v) is 5.69. The van der Waals surface area contributed by atoms with Crippen LogP contribution in [-0.2, 0) is 14.2 Å². The molecule has 0 radical (unpaired) electrons. The number of rotatable bonds is 2. The molecule has 0 aliphatic heterocycles. The Balaban J connectivity index is 2.03. The van der Waals surface area contributed by atoms with E-state index in [1.165, 1.54) is 32.1 Å². The summed E-state index contributed by atoms with van der Waals surface area (Å²) in [6, 6.07) is 10.1. The van der Waals surface area contributed by atoms with Crippen molar-refractivity contribution in [3.8, 4) is 0 Å². The fourth-order valence-electron chi connectivity index (χ4n) is 1.83. The van der Waals surface area contributed by atoms with Gasteiger partial charge in [0.15, 0.2) is 0 Å². The zero-order valence-corrected chi connectivity index (χ0v) is 9.19. The monoisotopic (exact) mass is 240 g/mol. The fraction of sp³-hybridized carbons (Fsp3) is 0.500. The van der Waals surface area contributed by atoms with Gasteiger partial charge in [0.2, 0.25) is 0 Å². The SMILES string of the molecule is [OH][Cu]([c]1ccccc1)[CH]1CCCCC1. The Kier molecular flexibility index (Phi) is 3.63. The molecular formula is C12H17CuO. The minimum atomic E-state index is -0.450. The van der Waals surface area contributed by atoms with Gasteiger partial charge in [-0.05, 0) is 0 Å². The summed E-state index contributed by atoms with van der Waals surface area (Å²) in [6.07, 6.45) is 6.33. The second kappa shape index (κ2) is 4.97. The van der Waals surface area contributed by atoms with E-state index in [-0.39, 0.29) is 0 Å². The summed E-state index contributed by atoms with van der Waals surface area (Å²) in [5.74, 6) is 0. The van der Waals surface area contributed by atoms with Crippen LogP contribution in [0.4, 0.5) is 0 Å². The van der Waals surface area contributed by atoms with Crippen molar-refractivity contribution in [2.24, 2.45) is 0 Å². The van der Waals surface area contributed by atoms with Crippen molar-refractivity contribution in [2.45, 2.75) is 36.9 Å². The molecule has 1 aliphatic carbocycles. The molecular weight excluding hydrogens is 224 g/mol. The summed E-state index contributed by atoms with van der Waals surface area (Å²) in [7, 11) is 0. The molecule has 1 fully saturated rings. The molecule has 1 saturated carbocycles. The van der Waals surface area contributed by atoms with Gasteiger partial charge in [-0.25, -0.2) is 0 Å². The zero-order chi connectivity index (χ0) is 9.80. The molecule has 1 aromatic carbocycles. The van der Waals surface area contributed by atoms with Crippen LogP contribution >= 0.6 is 0 Å². The Bertz CT molecular complexity index is 267. The van der Waals surface area contributed by atoms with E-state index in [0.717, 1.165) is 4.46 Å². The van der Waals surface area contributed by atoms with Crippen molar-refractivity contribution in [1.29, 1.82) is 0 Å². The van der Waals surface area contributed by atoms with Crippen LogP contribution < -0.4 is 4.46 Å². The molecule has 0 aromatic heterocycles. The Morgan fingerprint density at radius 3 is 2.29 bits per heavy atom. The molecule has 1 N–H and O–H groups in total. The van der Waals surface area contributed by atoms with Gasteiger partial charge in [0.25, 0.3) is 0 Å². The number of hydrogen-bond acceptors (Lipinski definition) is 1. The second-order valence-electron chi connectivity index (χ2n) is 3.66. The van der Waals surface area contributed by atoms with Crippen molar-refractivity contribution in [3.05, 3.63) is 30.3 Å². The molecule has 2 rings (SSSR count). The first-order valence-corrected chi connectivity index (χ1v) is 6.62. The predicted molar refractivity (Wildman–Crippen MR) is 55.1 cm³/mol. The Hall–Kier alpha value is -0.301. The van der Waals surface area contributed by atoms with Crippen molar-refractivity contribution < 1.29 is 18.4 Å². The van der Waals surface area contributed by atoms with E-state index in [4.69, 9.17) is 0 Å². The molecule has 0 unspecified atom stereocenters. The molecule has 0 atom stereocenters. The van der Waals surface area contributed by atoms with Crippen LogP contribution in [-0.4, -0.2) is 4.19 Å². The summed E-state index contributed by atoms with van der Waals surface area (Å²) in [4.78, 5) is 0.513. The summed E-state index contributed by atoms with van der Waals surface area (Å²) >= 11 is -0.450. The average Bonchev–Trinajstić information content (AvgIpc) is 2.30. The van der Waals surface area contributed by atoms with Gasteiger partial charge >= 0.3 is 90.1 Å². The number of benzene rings is 1. The first kappa shape index (κ1) is 10.2. The van der Waals surface area contributed by atoms with Gasteiger partial charge in [-0.1, -0.05) is 0 Å². The molecule has 1 aliphatic rings. The first-order chi connectivity index (χ1) is 6.88. The topological polar surface area (TPSA) is 20.2 Å². The van der Waals surface area contributed by atoms with Crippen molar-refractivity contribution in [2.75, 3.05) is 0 Å². The standard InChI is InChI=1S/C6H11.C6H5.Cu.H2O/c2*1-2-4-6-5-3-1;;/h1H,2-6H2;1-5H;;1H2/q;;+1;/p-1. The first-order valence-electron chi connectivity index (χ1n) is 5.19. The van der Waals surface area contributed by atoms with Gasteiger partial charge in [-0.15, -0.1) is 0 Å². The Morgan fingerprint density at radius 2 is 1.64 bits per heavy atom. The maximum atomic E-state index is 10.2. The van der Waals surface area contributed by atoms with Gasteiger partial charge in [0.1, 0.15) is 0 Å². The third-order valence-corrected chi connectivity index (χ3v) is 4.75. The Labute approximate surface area is 90.4 Å². The summed E-state index contributed by atoms with van der Waals surface area (Å²) in [6.45, 7) is 0.